The normalized spacial score (nSPS) is 32.2. The van der Waals surface area contributed by atoms with E-state index in [-0.39, 0.29) is 67.5 Å². The van der Waals surface area contributed by atoms with Gasteiger partial charge >= 0.3 is 0 Å². The topological polar surface area (TPSA) is 213 Å². The Hall–Kier alpha value is -3.44. The van der Waals surface area contributed by atoms with Gasteiger partial charge < -0.3 is 44.1 Å². The Balaban J connectivity index is 0.000000149. The van der Waals surface area contributed by atoms with Gasteiger partial charge in [0, 0.05) is 24.3 Å². The first-order valence-corrected chi connectivity index (χ1v) is 12.0. The third-order valence-corrected chi connectivity index (χ3v) is 6.38. The van der Waals surface area contributed by atoms with E-state index in [0.717, 1.165) is 0 Å². The molecular formula is C24H28N2O13. The zero-order valence-electron chi connectivity index (χ0n) is 20.4. The number of rotatable bonds is 4. The van der Waals surface area contributed by atoms with Crippen molar-refractivity contribution in [2.75, 3.05) is 26.4 Å². The van der Waals surface area contributed by atoms with Crippen molar-refractivity contribution in [3.63, 3.8) is 0 Å². The molecule has 39 heavy (non-hydrogen) atoms. The minimum absolute atomic E-state index is 0.0143. The summed E-state index contributed by atoms with van der Waals surface area (Å²) in [5.74, 6) is 0.551. The van der Waals surface area contributed by atoms with Crippen molar-refractivity contribution in [1.82, 2.24) is 0 Å². The van der Waals surface area contributed by atoms with E-state index in [2.05, 4.69) is 0 Å². The first-order valence-electron chi connectivity index (χ1n) is 12.0. The average molecular weight is 552 g/mol. The molecular weight excluding hydrogens is 524 g/mol. The van der Waals surface area contributed by atoms with Crippen LogP contribution in [0.25, 0.3) is 0 Å². The summed E-state index contributed by atoms with van der Waals surface area (Å²) < 4.78 is 26.7. The molecule has 4 heterocycles. The summed E-state index contributed by atoms with van der Waals surface area (Å²) >= 11 is 0. The molecule has 0 radical (unpaired) electrons. The molecule has 4 aliphatic heterocycles. The highest BCUT2D eigenvalue weighted by Gasteiger charge is 2.48. The fourth-order valence-corrected chi connectivity index (χ4v) is 4.40. The predicted molar refractivity (Wildman–Crippen MR) is 129 cm³/mol. The molecule has 212 valence electrons. The van der Waals surface area contributed by atoms with Crippen LogP contribution < -0.4 is 4.74 Å². The number of nitrogens with zero attached hydrogens (tertiary/aromatic N) is 2. The van der Waals surface area contributed by atoms with E-state index < -0.39 is 28.2 Å². The Kier molecular flexibility index (Phi) is 9.24. The second-order valence-electron chi connectivity index (χ2n) is 9.07. The van der Waals surface area contributed by atoms with Gasteiger partial charge in [-0.1, -0.05) is 0 Å². The summed E-state index contributed by atoms with van der Waals surface area (Å²) in [5.41, 5.74) is -0.00163. The first kappa shape index (κ1) is 28.6. The number of non-ortho nitro benzene ring substituents is 2. The fraction of sp³-hybridized carbons (Fsp3) is 0.500. The lowest BCUT2D eigenvalue weighted by Gasteiger charge is -2.17. The zero-order valence-corrected chi connectivity index (χ0v) is 20.4. The molecule has 0 saturated carbocycles. The van der Waals surface area contributed by atoms with E-state index in [9.17, 15) is 25.3 Å². The van der Waals surface area contributed by atoms with Crippen molar-refractivity contribution in [1.29, 1.82) is 0 Å². The smallest absolute Gasteiger partial charge is 0.269 e. The van der Waals surface area contributed by atoms with Crippen LogP contribution in [-0.4, -0.2) is 106 Å². The zero-order chi connectivity index (χ0) is 28.1. The van der Waals surface area contributed by atoms with Crippen LogP contribution in [0.5, 0.6) is 11.5 Å². The maximum Gasteiger partial charge on any atom is 0.269 e. The van der Waals surface area contributed by atoms with Gasteiger partial charge in [-0.3, -0.25) is 20.2 Å². The Labute approximate surface area is 221 Å². The lowest BCUT2D eigenvalue weighted by molar-refractivity contribution is -0.385. The summed E-state index contributed by atoms with van der Waals surface area (Å²) in [5, 5.41) is 57.2. The predicted octanol–water partition coefficient (Wildman–Crippen LogP) is 0.307. The van der Waals surface area contributed by atoms with E-state index in [1.54, 1.807) is 0 Å². The van der Waals surface area contributed by atoms with Gasteiger partial charge in [-0.25, -0.2) is 0 Å². The van der Waals surface area contributed by atoms with Gasteiger partial charge in [-0.05, 0) is 24.3 Å². The van der Waals surface area contributed by atoms with E-state index in [4.69, 9.17) is 39.0 Å². The molecule has 0 aromatic heterocycles. The quantitative estimate of drug-likeness (QED) is 0.297. The van der Waals surface area contributed by atoms with Crippen molar-refractivity contribution in [2.24, 2.45) is 0 Å². The molecule has 2 aromatic rings. The fourth-order valence-electron chi connectivity index (χ4n) is 4.40. The van der Waals surface area contributed by atoms with Crippen LogP contribution >= 0.6 is 0 Å². The van der Waals surface area contributed by atoms with Gasteiger partial charge in [0.25, 0.3) is 11.4 Å². The number of aliphatic hydroxyl groups excluding tert-OH is 3. The SMILES string of the molecule is O=[N+]([O-])c1ccc(O)cc1.O=[N+]([O-])c1ccc(OC2CO[C@H]3[C@@H]2OC[C@@H]3O)cc1.OC1CO[C@H]2[C@@H]1OC[C@@H]2O. The van der Waals surface area contributed by atoms with Gasteiger partial charge in [0.1, 0.15) is 54.2 Å². The standard InChI is InChI=1S/C12H13NO6.C6H5NO3.C6H10O4/c14-9-5-17-12-10(6-18-11(9)12)19-8-3-1-7(2-4-8)13(15)16;8-6-3-1-5(2-4-6)7(9)10;7-3-1-9-6-4(8)2-10-5(3)6/h1-4,9-12,14H,5-6H2;1-4,8H;3-8H,1-2H2/t9-,10?,11+,12+;;3-,4?,5+,6+/m0.0/s1. The molecule has 0 spiro atoms. The van der Waals surface area contributed by atoms with Gasteiger partial charge in [-0.2, -0.15) is 0 Å². The molecule has 0 bridgehead atoms. The van der Waals surface area contributed by atoms with E-state index in [0.29, 0.717) is 12.4 Å². The van der Waals surface area contributed by atoms with Crippen LogP contribution in [0.2, 0.25) is 0 Å². The Morgan fingerprint density at radius 3 is 1.49 bits per heavy atom. The van der Waals surface area contributed by atoms with E-state index >= 15 is 0 Å². The van der Waals surface area contributed by atoms with Gasteiger partial charge in [0.05, 0.1) is 36.3 Å². The number of benzene rings is 2. The van der Waals surface area contributed by atoms with Crippen LogP contribution in [-0.2, 0) is 18.9 Å². The van der Waals surface area contributed by atoms with Crippen molar-refractivity contribution in [3.8, 4) is 11.5 Å². The van der Waals surface area contributed by atoms with Crippen LogP contribution in [0.15, 0.2) is 48.5 Å². The Morgan fingerprint density at radius 2 is 1.03 bits per heavy atom. The number of nitro benzene ring substituents is 2. The monoisotopic (exact) mass is 552 g/mol. The second kappa shape index (κ2) is 12.6. The molecule has 4 fully saturated rings. The highest BCUT2D eigenvalue weighted by Crippen LogP contribution is 2.30. The molecule has 15 nitrogen and oxygen atoms in total. The number of ether oxygens (including phenoxy) is 5. The molecule has 4 aliphatic rings. The van der Waals surface area contributed by atoms with Crippen LogP contribution in [0.4, 0.5) is 11.4 Å². The Morgan fingerprint density at radius 1 is 0.641 bits per heavy atom. The third-order valence-electron chi connectivity index (χ3n) is 6.38. The highest BCUT2D eigenvalue weighted by atomic mass is 16.6. The van der Waals surface area contributed by atoms with Crippen LogP contribution in [0.1, 0.15) is 0 Å². The minimum Gasteiger partial charge on any atom is -0.508 e. The Bertz CT molecular complexity index is 1100. The lowest BCUT2D eigenvalue weighted by Crippen LogP contribution is -2.34. The number of fused-ring (bicyclic) bond motifs is 2. The molecule has 6 rings (SSSR count). The first-order chi connectivity index (χ1) is 18.6. The number of phenolic OH excluding ortho intramolecular Hbond substituents is 1. The molecule has 0 aliphatic carbocycles. The summed E-state index contributed by atoms with van der Waals surface area (Å²) in [6.07, 6.45) is -3.25. The molecule has 4 saturated heterocycles. The van der Waals surface area contributed by atoms with Crippen molar-refractivity contribution >= 4 is 11.4 Å². The lowest BCUT2D eigenvalue weighted by atomic mass is 10.1. The van der Waals surface area contributed by atoms with Crippen molar-refractivity contribution < 1.29 is 54.0 Å². The maximum absolute atomic E-state index is 10.5. The van der Waals surface area contributed by atoms with Crippen molar-refractivity contribution in [3.05, 3.63) is 68.8 Å². The number of phenols is 1. The molecule has 2 aromatic carbocycles. The highest BCUT2D eigenvalue weighted by molar-refractivity contribution is 5.36. The van der Waals surface area contributed by atoms with Gasteiger partial charge in [0.15, 0.2) is 6.10 Å². The van der Waals surface area contributed by atoms with Gasteiger partial charge in [-0.15, -0.1) is 0 Å². The number of hydrogen-bond donors (Lipinski definition) is 4. The van der Waals surface area contributed by atoms with Crippen LogP contribution in [0, 0.1) is 20.2 Å². The second-order valence-corrected chi connectivity index (χ2v) is 9.07. The largest absolute Gasteiger partial charge is 0.508 e. The molecule has 8 atom stereocenters. The summed E-state index contributed by atoms with van der Waals surface area (Å²) in [6.45, 7) is 1.15. The minimum atomic E-state index is -0.615. The number of hydrogen-bond acceptors (Lipinski definition) is 13. The summed E-state index contributed by atoms with van der Waals surface area (Å²) in [4.78, 5) is 19.6. The molecule has 2 unspecified atom stereocenters. The van der Waals surface area contributed by atoms with Crippen molar-refractivity contribution in [2.45, 2.75) is 48.8 Å². The summed E-state index contributed by atoms with van der Waals surface area (Å²) in [7, 11) is 0. The number of aliphatic hydroxyl groups is 3. The summed E-state index contributed by atoms with van der Waals surface area (Å²) in [6, 6.07) is 10.9. The number of nitro groups is 2. The van der Waals surface area contributed by atoms with E-state index in [1.807, 2.05) is 0 Å². The van der Waals surface area contributed by atoms with E-state index in [1.165, 1.54) is 48.5 Å². The molecule has 15 heteroatoms. The number of aromatic hydroxyl groups is 1. The average Bonchev–Trinajstić information content (AvgIpc) is 3.68. The molecule has 4 N–H and O–H groups in total. The maximum atomic E-state index is 10.5. The van der Waals surface area contributed by atoms with Gasteiger partial charge in [0.2, 0.25) is 0 Å². The third kappa shape index (κ3) is 6.96. The van der Waals surface area contributed by atoms with Crippen LogP contribution in [0.3, 0.4) is 0 Å². The molecule has 0 amide bonds.